The van der Waals surface area contributed by atoms with Crippen molar-refractivity contribution in [2.45, 2.75) is 45.7 Å². The fourth-order valence-corrected chi connectivity index (χ4v) is 2.34. The van der Waals surface area contributed by atoms with E-state index in [1.165, 1.54) is 25.1 Å². The molecule has 0 heterocycles. The third-order valence-electron chi connectivity index (χ3n) is 3.84. The summed E-state index contributed by atoms with van der Waals surface area (Å²) in [5.41, 5.74) is 5.90. The lowest BCUT2D eigenvalue weighted by Crippen LogP contribution is -2.55. The molecule has 4 N–H and O–H groups in total. The van der Waals surface area contributed by atoms with Gasteiger partial charge in [-0.1, -0.05) is 32.4 Å². The van der Waals surface area contributed by atoms with E-state index < -0.39 is 35.6 Å². The van der Waals surface area contributed by atoms with Crippen molar-refractivity contribution in [3.05, 3.63) is 35.6 Å². The van der Waals surface area contributed by atoms with Gasteiger partial charge in [-0.05, 0) is 23.6 Å². The van der Waals surface area contributed by atoms with Gasteiger partial charge in [0, 0.05) is 13.3 Å². The highest BCUT2D eigenvalue weighted by molar-refractivity contribution is 5.91. The molecule has 0 saturated carbocycles. The van der Waals surface area contributed by atoms with Crippen LogP contribution in [0, 0.1) is 11.7 Å². The molecule has 3 atom stereocenters. The van der Waals surface area contributed by atoms with Crippen LogP contribution in [-0.4, -0.2) is 29.8 Å². The average molecular weight is 337 g/mol. The third kappa shape index (κ3) is 5.98. The van der Waals surface area contributed by atoms with Gasteiger partial charge < -0.3 is 16.4 Å². The summed E-state index contributed by atoms with van der Waals surface area (Å²) in [6.07, 6.45) is 0.762. The molecular weight excluding hydrogens is 313 g/mol. The van der Waals surface area contributed by atoms with E-state index in [9.17, 15) is 18.8 Å². The smallest absolute Gasteiger partial charge is 0.243 e. The van der Waals surface area contributed by atoms with Gasteiger partial charge in [-0.25, -0.2) is 4.39 Å². The number of amides is 3. The van der Waals surface area contributed by atoms with Crippen molar-refractivity contribution < 1.29 is 18.8 Å². The van der Waals surface area contributed by atoms with Crippen molar-refractivity contribution in [2.75, 3.05) is 0 Å². The van der Waals surface area contributed by atoms with Gasteiger partial charge in [0.25, 0.3) is 0 Å². The molecule has 0 bridgehead atoms. The van der Waals surface area contributed by atoms with Crippen LogP contribution in [0.5, 0.6) is 0 Å². The Morgan fingerprint density at radius 1 is 1.25 bits per heavy atom. The maximum atomic E-state index is 13.3. The topological polar surface area (TPSA) is 101 Å². The lowest BCUT2D eigenvalue weighted by atomic mass is 9.97. The summed E-state index contributed by atoms with van der Waals surface area (Å²) in [5.74, 6) is -2.13. The Hall–Kier alpha value is -2.44. The van der Waals surface area contributed by atoms with Gasteiger partial charge in [-0.15, -0.1) is 0 Å². The van der Waals surface area contributed by atoms with Gasteiger partial charge in [0.1, 0.15) is 17.9 Å². The molecule has 0 aliphatic rings. The molecule has 0 aliphatic carbocycles. The number of carbonyl (C=O) groups excluding carboxylic acids is 3. The second-order valence-corrected chi connectivity index (χ2v) is 5.86. The highest BCUT2D eigenvalue weighted by atomic mass is 19.1. The first-order chi connectivity index (χ1) is 11.2. The van der Waals surface area contributed by atoms with Crippen molar-refractivity contribution >= 4 is 17.7 Å². The first-order valence-corrected chi connectivity index (χ1v) is 7.85. The Labute approximate surface area is 141 Å². The first-order valence-electron chi connectivity index (χ1n) is 7.85. The van der Waals surface area contributed by atoms with E-state index in [-0.39, 0.29) is 12.3 Å². The number of nitrogens with one attached hydrogen (secondary N) is 2. The van der Waals surface area contributed by atoms with Crippen LogP contribution in [0.25, 0.3) is 0 Å². The van der Waals surface area contributed by atoms with Crippen molar-refractivity contribution in [3.8, 4) is 0 Å². The second kappa shape index (κ2) is 9.00. The zero-order valence-corrected chi connectivity index (χ0v) is 14.1. The number of nitrogens with two attached hydrogens (primary N) is 1. The van der Waals surface area contributed by atoms with Crippen molar-refractivity contribution in [1.82, 2.24) is 10.6 Å². The summed E-state index contributed by atoms with van der Waals surface area (Å²) in [4.78, 5) is 35.4. The van der Waals surface area contributed by atoms with Gasteiger partial charge >= 0.3 is 0 Å². The minimum Gasteiger partial charge on any atom is -0.368 e. The van der Waals surface area contributed by atoms with Crippen LogP contribution in [0.4, 0.5) is 4.39 Å². The predicted octanol–water partition coefficient (Wildman–Crippen LogP) is 0.889. The molecule has 0 fully saturated rings. The SMILES string of the molecule is CC[C@H](C)[C@@H](NC(=O)[C@@H](Cc1cccc(F)c1)NC(C)=O)C(N)=O. The van der Waals surface area contributed by atoms with E-state index in [1.807, 2.05) is 6.92 Å². The van der Waals surface area contributed by atoms with E-state index >= 15 is 0 Å². The molecule has 1 rings (SSSR count). The van der Waals surface area contributed by atoms with E-state index in [1.54, 1.807) is 13.0 Å². The van der Waals surface area contributed by atoms with Crippen molar-refractivity contribution in [3.63, 3.8) is 0 Å². The zero-order valence-electron chi connectivity index (χ0n) is 14.1. The van der Waals surface area contributed by atoms with Gasteiger partial charge in [0.2, 0.25) is 17.7 Å². The van der Waals surface area contributed by atoms with Gasteiger partial charge in [0.05, 0.1) is 0 Å². The number of hydrogen-bond acceptors (Lipinski definition) is 3. The average Bonchev–Trinajstić information content (AvgIpc) is 2.50. The number of primary amides is 1. The Balaban J connectivity index is 2.91. The van der Waals surface area contributed by atoms with Crippen LogP contribution in [-0.2, 0) is 20.8 Å². The van der Waals surface area contributed by atoms with Crippen LogP contribution in [0.3, 0.4) is 0 Å². The number of hydrogen-bond donors (Lipinski definition) is 3. The standard InChI is InChI=1S/C17H24FN3O3/c1-4-10(2)15(16(19)23)21-17(24)14(20-11(3)22)9-12-6-5-7-13(18)8-12/h5-8,10,14-15H,4,9H2,1-3H3,(H2,19,23)(H,20,22)(H,21,24)/t10-,14+,15+/m0/s1. The third-order valence-corrected chi connectivity index (χ3v) is 3.84. The molecule has 0 saturated heterocycles. The molecule has 1 aromatic rings. The first kappa shape index (κ1) is 19.6. The van der Waals surface area contributed by atoms with Gasteiger partial charge in [-0.2, -0.15) is 0 Å². The van der Waals surface area contributed by atoms with Crippen LogP contribution in [0.15, 0.2) is 24.3 Å². The van der Waals surface area contributed by atoms with Crippen LogP contribution < -0.4 is 16.4 Å². The van der Waals surface area contributed by atoms with Crippen molar-refractivity contribution in [1.29, 1.82) is 0 Å². The minimum atomic E-state index is -0.921. The Kier molecular flexibility index (Phi) is 7.35. The highest BCUT2D eigenvalue weighted by Gasteiger charge is 2.28. The molecule has 1 aromatic carbocycles. The molecule has 24 heavy (non-hydrogen) atoms. The molecule has 6 nitrogen and oxygen atoms in total. The molecule has 3 amide bonds. The fourth-order valence-electron chi connectivity index (χ4n) is 2.34. The van der Waals surface area contributed by atoms with E-state index in [2.05, 4.69) is 10.6 Å². The van der Waals surface area contributed by atoms with E-state index in [0.29, 0.717) is 12.0 Å². The molecule has 0 aliphatic heterocycles. The lowest BCUT2D eigenvalue weighted by Gasteiger charge is -2.25. The van der Waals surface area contributed by atoms with Crippen LogP contribution in [0.1, 0.15) is 32.8 Å². The maximum absolute atomic E-state index is 13.3. The second-order valence-electron chi connectivity index (χ2n) is 5.86. The number of benzene rings is 1. The minimum absolute atomic E-state index is 0.106. The van der Waals surface area contributed by atoms with Crippen LogP contribution >= 0.6 is 0 Å². The molecular formula is C17H24FN3O3. The number of rotatable bonds is 8. The van der Waals surface area contributed by atoms with Gasteiger partial charge in [0.15, 0.2) is 0 Å². The Morgan fingerprint density at radius 3 is 2.42 bits per heavy atom. The Bertz CT molecular complexity index is 606. The summed E-state index contributed by atoms with van der Waals surface area (Å²) in [7, 11) is 0. The number of carbonyl (C=O) groups is 3. The largest absolute Gasteiger partial charge is 0.368 e. The molecule has 0 spiro atoms. The highest BCUT2D eigenvalue weighted by Crippen LogP contribution is 2.10. The summed E-state index contributed by atoms with van der Waals surface area (Å²) < 4.78 is 13.3. The van der Waals surface area contributed by atoms with Crippen molar-refractivity contribution in [2.24, 2.45) is 11.7 Å². The maximum Gasteiger partial charge on any atom is 0.243 e. The van der Waals surface area contributed by atoms with E-state index in [4.69, 9.17) is 5.73 Å². The zero-order chi connectivity index (χ0) is 18.3. The summed E-state index contributed by atoms with van der Waals surface area (Å²) in [5, 5.41) is 5.11. The quantitative estimate of drug-likeness (QED) is 0.656. The molecule has 0 radical (unpaired) electrons. The van der Waals surface area contributed by atoms with E-state index in [0.717, 1.165) is 0 Å². The Morgan fingerprint density at radius 2 is 1.92 bits per heavy atom. The van der Waals surface area contributed by atoms with Crippen LogP contribution in [0.2, 0.25) is 0 Å². The fraction of sp³-hybridized carbons (Fsp3) is 0.471. The predicted molar refractivity (Wildman–Crippen MR) is 88.3 cm³/mol. The number of halogens is 1. The summed E-state index contributed by atoms with van der Waals surface area (Å²) in [6, 6.07) is 4.02. The monoisotopic (exact) mass is 337 g/mol. The molecule has 132 valence electrons. The summed E-state index contributed by atoms with van der Waals surface area (Å²) in [6.45, 7) is 4.96. The molecule has 7 heteroatoms. The lowest BCUT2D eigenvalue weighted by molar-refractivity contribution is -0.131. The molecule has 0 aromatic heterocycles. The summed E-state index contributed by atoms with van der Waals surface area (Å²) >= 11 is 0. The van der Waals surface area contributed by atoms with Gasteiger partial charge in [-0.3, -0.25) is 14.4 Å². The normalized spacial score (nSPS) is 14.3. The molecule has 0 unspecified atom stereocenters.